The van der Waals surface area contributed by atoms with Crippen molar-refractivity contribution in [2.75, 3.05) is 0 Å². The lowest BCUT2D eigenvalue weighted by Crippen LogP contribution is -1.91. The van der Waals surface area contributed by atoms with Crippen LogP contribution in [-0.2, 0) is 0 Å². The fourth-order valence-corrected chi connectivity index (χ4v) is 2.40. The van der Waals surface area contributed by atoms with Crippen LogP contribution < -0.4 is 0 Å². The summed E-state index contributed by atoms with van der Waals surface area (Å²) < 4.78 is 1.10. The Morgan fingerprint density at radius 1 is 1.00 bits per heavy atom. The zero-order chi connectivity index (χ0) is 13.4. The zero-order valence-electron chi connectivity index (χ0n) is 9.71. The number of phenols is 2. The first-order valence-corrected chi connectivity index (χ1v) is 6.66. The third-order valence-corrected chi connectivity index (χ3v) is 3.46. The fraction of sp³-hybridized carbons (Fsp3) is 0. The Morgan fingerprint density at radius 2 is 1.74 bits per heavy atom. The Hall–Kier alpha value is -1.89. The first kappa shape index (κ1) is 12.2. The van der Waals surface area contributed by atoms with Crippen LogP contribution in [0.1, 0.15) is 0 Å². The SMILES string of the molecule is Oc1cccc(O)c1-c1ncc2cc([123I])ccc2n1. The molecule has 0 atom stereocenters. The molecule has 0 aliphatic heterocycles. The van der Waals surface area contributed by atoms with Gasteiger partial charge in [0, 0.05) is 15.2 Å². The van der Waals surface area contributed by atoms with Gasteiger partial charge in [0.2, 0.25) is 0 Å². The number of nitrogens with zero attached hydrogens (tertiary/aromatic N) is 2. The van der Waals surface area contributed by atoms with E-state index in [9.17, 15) is 10.2 Å². The number of aromatic nitrogens is 2. The summed E-state index contributed by atoms with van der Waals surface area (Å²) in [4.78, 5) is 8.58. The van der Waals surface area contributed by atoms with Gasteiger partial charge in [0.05, 0.1) is 5.52 Å². The summed E-state index contributed by atoms with van der Waals surface area (Å²) in [5, 5.41) is 20.6. The van der Waals surface area contributed by atoms with Crippen molar-refractivity contribution in [3.8, 4) is 22.9 Å². The molecule has 0 fully saturated rings. The monoisotopic (exact) mass is 360 g/mol. The maximum absolute atomic E-state index is 9.82. The van der Waals surface area contributed by atoms with Crippen molar-refractivity contribution in [3.63, 3.8) is 0 Å². The normalized spacial score (nSPS) is 10.8. The Morgan fingerprint density at radius 3 is 2.47 bits per heavy atom. The van der Waals surface area contributed by atoms with Crippen LogP contribution in [0.25, 0.3) is 22.3 Å². The summed E-state index contributed by atoms with van der Waals surface area (Å²) in [5.41, 5.74) is 1.02. The maximum Gasteiger partial charge on any atom is 0.167 e. The van der Waals surface area contributed by atoms with E-state index in [-0.39, 0.29) is 17.1 Å². The van der Waals surface area contributed by atoms with E-state index in [0.717, 1.165) is 14.5 Å². The van der Waals surface area contributed by atoms with Crippen LogP contribution in [-0.4, -0.2) is 20.2 Å². The Kier molecular flexibility index (Phi) is 2.98. The van der Waals surface area contributed by atoms with Crippen LogP contribution in [0, 0.1) is 3.57 Å². The Labute approximate surface area is 122 Å². The number of hydrogen-bond donors (Lipinski definition) is 2. The van der Waals surface area contributed by atoms with Crippen molar-refractivity contribution in [1.82, 2.24) is 9.97 Å². The Bertz CT molecular complexity index is 754. The molecular formula is C14H9IN2O2. The molecule has 0 saturated carbocycles. The van der Waals surface area contributed by atoms with Gasteiger partial charge < -0.3 is 10.2 Å². The van der Waals surface area contributed by atoms with E-state index in [1.807, 2.05) is 18.2 Å². The number of fused-ring (bicyclic) bond motifs is 1. The van der Waals surface area contributed by atoms with Crippen molar-refractivity contribution >= 4 is 33.5 Å². The topological polar surface area (TPSA) is 66.2 Å². The molecule has 0 aliphatic carbocycles. The second-order valence-electron chi connectivity index (χ2n) is 4.07. The summed E-state index contributed by atoms with van der Waals surface area (Å²) >= 11 is 2.22. The second-order valence-corrected chi connectivity index (χ2v) is 5.31. The largest absolute Gasteiger partial charge is 0.507 e. The van der Waals surface area contributed by atoms with Crippen molar-refractivity contribution < 1.29 is 10.2 Å². The molecule has 0 amide bonds. The number of hydrogen-bond acceptors (Lipinski definition) is 4. The quantitative estimate of drug-likeness (QED) is 0.654. The van der Waals surface area contributed by atoms with Gasteiger partial charge in [-0.05, 0) is 52.9 Å². The molecule has 2 aromatic carbocycles. The molecule has 0 aliphatic rings. The molecule has 0 bridgehead atoms. The van der Waals surface area contributed by atoms with Gasteiger partial charge in [-0.2, -0.15) is 0 Å². The molecule has 0 saturated heterocycles. The van der Waals surface area contributed by atoms with E-state index in [1.165, 1.54) is 12.1 Å². The maximum atomic E-state index is 9.82. The van der Waals surface area contributed by atoms with E-state index in [1.54, 1.807) is 12.3 Å². The number of phenolic OH excluding ortho intramolecular Hbond substituents is 2. The first-order valence-electron chi connectivity index (χ1n) is 5.59. The minimum absolute atomic E-state index is 0.0372. The highest BCUT2D eigenvalue weighted by atomic mass is 123. The van der Waals surface area contributed by atoms with Crippen LogP contribution in [0.3, 0.4) is 0 Å². The molecule has 5 heteroatoms. The van der Waals surface area contributed by atoms with Gasteiger partial charge in [-0.3, -0.25) is 0 Å². The molecule has 0 unspecified atom stereocenters. The lowest BCUT2D eigenvalue weighted by molar-refractivity contribution is 0.453. The van der Waals surface area contributed by atoms with Crippen molar-refractivity contribution in [2.24, 2.45) is 0 Å². The third kappa shape index (κ3) is 2.21. The van der Waals surface area contributed by atoms with Crippen molar-refractivity contribution in [3.05, 3.63) is 46.2 Å². The molecule has 2 N–H and O–H groups in total. The number of halogens is 1. The molecule has 1 heterocycles. The fourth-order valence-electron chi connectivity index (χ4n) is 1.88. The van der Waals surface area contributed by atoms with Gasteiger partial charge in [-0.25, -0.2) is 9.97 Å². The molecule has 94 valence electrons. The average molecular weight is 360 g/mol. The summed E-state index contributed by atoms with van der Waals surface area (Å²) in [6.45, 7) is 0. The standard InChI is InChI=1S/C14H9IN2O2/c15-9-4-5-10-8(6-9)7-16-14(17-10)13-11(18)2-1-3-12(13)19/h1-7,18-19H/i15-4. The lowest BCUT2D eigenvalue weighted by atomic mass is 10.1. The average Bonchev–Trinajstić information content (AvgIpc) is 2.38. The van der Waals surface area contributed by atoms with Crippen molar-refractivity contribution in [1.29, 1.82) is 0 Å². The van der Waals surface area contributed by atoms with Crippen molar-refractivity contribution in [2.45, 2.75) is 0 Å². The summed E-state index contributed by atoms with van der Waals surface area (Å²) in [7, 11) is 0. The van der Waals surface area contributed by atoms with E-state index in [0.29, 0.717) is 5.82 Å². The van der Waals surface area contributed by atoms with Gasteiger partial charge in [-0.1, -0.05) is 6.07 Å². The predicted octanol–water partition coefficient (Wildman–Crippen LogP) is 3.31. The third-order valence-electron chi connectivity index (χ3n) is 2.79. The molecular weight excluding hydrogens is 351 g/mol. The van der Waals surface area contributed by atoms with E-state index < -0.39 is 0 Å². The van der Waals surface area contributed by atoms with Crippen LogP contribution in [0.4, 0.5) is 0 Å². The number of rotatable bonds is 1. The van der Waals surface area contributed by atoms with Crippen LogP contribution in [0.2, 0.25) is 0 Å². The Balaban J connectivity index is 2.24. The summed E-state index contributed by atoms with van der Waals surface area (Å²) in [6, 6.07) is 10.4. The highest BCUT2D eigenvalue weighted by Gasteiger charge is 2.13. The molecule has 3 aromatic rings. The van der Waals surface area contributed by atoms with Gasteiger partial charge in [0.15, 0.2) is 5.82 Å². The number of aromatic hydroxyl groups is 2. The molecule has 4 nitrogen and oxygen atoms in total. The smallest absolute Gasteiger partial charge is 0.167 e. The minimum Gasteiger partial charge on any atom is -0.507 e. The van der Waals surface area contributed by atoms with Gasteiger partial charge in [0.25, 0.3) is 0 Å². The van der Waals surface area contributed by atoms with Crippen LogP contribution >= 0.6 is 22.6 Å². The van der Waals surface area contributed by atoms with E-state index in [2.05, 4.69) is 32.6 Å². The first-order chi connectivity index (χ1) is 9.15. The van der Waals surface area contributed by atoms with Crippen LogP contribution in [0.15, 0.2) is 42.6 Å². The lowest BCUT2D eigenvalue weighted by Gasteiger charge is -2.06. The molecule has 1 aromatic heterocycles. The summed E-state index contributed by atoms with van der Waals surface area (Å²) in [5.74, 6) is 0.235. The van der Waals surface area contributed by atoms with Gasteiger partial charge in [0.1, 0.15) is 17.1 Å². The van der Waals surface area contributed by atoms with Crippen LogP contribution in [0.5, 0.6) is 11.5 Å². The highest BCUT2D eigenvalue weighted by molar-refractivity contribution is 14.1. The molecule has 3 rings (SSSR count). The van der Waals surface area contributed by atoms with E-state index in [4.69, 9.17) is 0 Å². The molecule has 0 radical (unpaired) electrons. The zero-order valence-corrected chi connectivity index (χ0v) is 11.9. The minimum atomic E-state index is -0.0372. The molecule has 0 spiro atoms. The molecule has 19 heavy (non-hydrogen) atoms. The van der Waals surface area contributed by atoms with Gasteiger partial charge in [-0.15, -0.1) is 0 Å². The summed E-state index contributed by atoms with van der Waals surface area (Å²) in [6.07, 6.45) is 1.69. The van der Waals surface area contributed by atoms with E-state index >= 15 is 0 Å². The highest BCUT2D eigenvalue weighted by Crippen LogP contribution is 2.35. The predicted molar refractivity (Wildman–Crippen MR) is 81.0 cm³/mol. The second kappa shape index (κ2) is 4.65. The number of benzene rings is 2. The van der Waals surface area contributed by atoms with Gasteiger partial charge >= 0.3 is 0 Å².